The smallest absolute Gasteiger partial charge is 0.251 e. The first-order valence-electron chi connectivity index (χ1n) is 10.8. The van der Waals surface area contributed by atoms with E-state index < -0.39 is 6.04 Å². The zero-order chi connectivity index (χ0) is 22.3. The Kier molecular flexibility index (Phi) is 7.07. The molecular formula is C26H26ClN3O2. The molecule has 0 saturated carbocycles. The lowest BCUT2D eigenvalue weighted by molar-refractivity contribution is -0.141. The molecule has 1 aliphatic heterocycles. The van der Waals surface area contributed by atoms with E-state index in [0.29, 0.717) is 30.2 Å². The fourth-order valence-electron chi connectivity index (χ4n) is 3.95. The minimum Gasteiger partial charge on any atom is -0.380 e. The van der Waals surface area contributed by atoms with Gasteiger partial charge in [-0.3, -0.25) is 9.59 Å². The van der Waals surface area contributed by atoms with Crippen molar-refractivity contribution in [2.75, 3.05) is 17.2 Å². The number of hydrogen-bond acceptors (Lipinski definition) is 3. The van der Waals surface area contributed by atoms with E-state index in [4.69, 9.17) is 11.6 Å². The van der Waals surface area contributed by atoms with Crippen LogP contribution in [0.25, 0.3) is 0 Å². The number of benzene rings is 3. The van der Waals surface area contributed by atoms with Crippen LogP contribution in [0.1, 0.15) is 36.4 Å². The molecule has 6 heteroatoms. The molecule has 0 radical (unpaired) electrons. The van der Waals surface area contributed by atoms with Crippen molar-refractivity contribution in [3.63, 3.8) is 0 Å². The van der Waals surface area contributed by atoms with Gasteiger partial charge in [-0.15, -0.1) is 0 Å². The van der Waals surface area contributed by atoms with Gasteiger partial charge in [-0.05, 0) is 42.2 Å². The van der Waals surface area contributed by atoms with Crippen molar-refractivity contribution in [1.29, 1.82) is 0 Å². The molecule has 1 unspecified atom stereocenters. The molecule has 2 amide bonds. The molecule has 0 spiro atoms. The summed E-state index contributed by atoms with van der Waals surface area (Å²) in [5, 5.41) is 6.79. The first kappa shape index (κ1) is 21.9. The average Bonchev–Trinajstić information content (AvgIpc) is 2.81. The number of likely N-dealkylation sites (tertiary alicyclic amines) is 1. The van der Waals surface area contributed by atoms with E-state index in [1.165, 1.54) is 0 Å². The molecule has 1 saturated heterocycles. The highest BCUT2D eigenvalue weighted by Crippen LogP contribution is 2.29. The van der Waals surface area contributed by atoms with Gasteiger partial charge >= 0.3 is 0 Å². The van der Waals surface area contributed by atoms with Gasteiger partial charge < -0.3 is 15.5 Å². The van der Waals surface area contributed by atoms with Crippen LogP contribution in [0.4, 0.5) is 11.4 Å². The molecule has 164 valence electrons. The molecule has 1 heterocycles. The third-order valence-electron chi connectivity index (χ3n) is 5.60. The maximum Gasteiger partial charge on any atom is 0.251 e. The SMILES string of the molecule is O=C(Nc1ccc(NCc2ccccc2)c(Cl)c1)C(c1ccccc1)N1CCCCC1=O. The van der Waals surface area contributed by atoms with E-state index in [0.717, 1.165) is 29.7 Å². The maximum atomic E-state index is 13.3. The normalized spacial score (nSPS) is 14.7. The average molecular weight is 448 g/mol. The summed E-state index contributed by atoms with van der Waals surface area (Å²) in [6, 6.07) is 24.2. The Morgan fingerprint density at radius 2 is 1.69 bits per heavy atom. The molecule has 5 nitrogen and oxygen atoms in total. The first-order chi connectivity index (χ1) is 15.6. The van der Waals surface area contributed by atoms with E-state index in [-0.39, 0.29) is 11.8 Å². The Morgan fingerprint density at radius 1 is 0.969 bits per heavy atom. The van der Waals surface area contributed by atoms with Crippen molar-refractivity contribution in [3.05, 3.63) is 95.0 Å². The van der Waals surface area contributed by atoms with Crippen LogP contribution in [0.5, 0.6) is 0 Å². The van der Waals surface area contributed by atoms with Crippen molar-refractivity contribution in [1.82, 2.24) is 4.90 Å². The molecule has 3 aromatic carbocycles. The summed E-state index contributed by atoms with van der Waals surface area (Å²) in [5.74, 6) is -0.230. The van der Waals surface area contributed by atoms with Gasteiger partial charge in [0.05, 0.1) is 10.7 Å². The van der Waals surface area contributed by atoms with E-state index in [1.807, 2.05) is 72.8 Å². The second kappa shape index (κ2) is 10.3. The Balaban J connectivity index is 1.49. The number of rotatable bonds is 7. The molecule has 0 aliphatic carbocycles. The highest BCUT2D eigenvalue weighted by atomic mass is 35.5. The van der Waals surface area contributed by atoms with Crippen molar-refractivity contribution in [2.45, 2.75) is 31.8 Å². The zero-order valence-corrected chi connectivity index (χ0v) is 18.5. The van der Waals surface area contributed by atoms with Crippen molar-refractivity contribution in [3.8, 4) is 0 Å². The number of anilines is 2. The third-order valence-corrected chi connectivity index (χ3v) is 5.91. The summed E-state index contributed by atoms with van der Waals surface area (Å²) in [6.07, 6.45) is 2.24. The lowest BCUT2D eigenvalue weighted by Gasteiger charge is -2.34. The first-order valence-corrected chi connectivity index (χ1v) is 11.2. The van der Waals surface area contributed by atoms with Crippen molar-refractivity contribution in [2.24, 2.45) is 0 Å². The Bertz CT molecular complexity index is 1070. The summed E-state index contributed by atoms with van der Waals surface area (Å²) in [6.45, 7) is 1.23. The fourth-order valence-corrected chi connectivity index (χ4v) is 4.20. The fraction of sp³-hybridized carbons (Fsp3) is 0.231. The summed E-state index contributed by atoms with van der Waals surface area (Å²) in [4.78, 5) is 27.6. The molecule has 4 rings (SSSR count). The second-order valence-corrected chi connectivity index (χ2v) is 8.29. The lowest BCUT2D eigenvalue weighted by atomic mass is 10.0. The topological polar surface area (TPSA) is 61.4 Å². The van der Waals surface area contributed by atoms with Gasteiger partial charge in [0, 0.05) is 25.2 Å². The summed E-state index contributed by atoms with van der Waals surface area (Å²) in [5.41, 5.74) is 3.33. The molecule has 3 aromatic rings. The lowest BCUT2D eigenvalue weighted by Crippen LogP contribution is -2.43. The number of carbonyl (C=O) groups excluding carboxylic acids is 2. The van der Waals surface area contributed by atoms with Gasteiger partial charge in [0.25, 0.3) is 5.91 Å². The van der Waals surface area contributed by atoms with E-state index >= 15 is 0 Å². The highest BCUT2D eigenvalue weighted by molar-refractivity contribution is 6.33. The van der Waals surface area contributed by atoms with Crippen LogP contribution in [0.3, 0.4) is 0 Å². The largest absolute Gasteiger partial charge is 0.380 e. The minimum absolute atomic E-state index is 0.0127. The van der Waals surface area contributed by atoms with Crippen LogP contribution in [0.15, 0.2) is 78.9 Å². The minimum atomic E-state index is -0.668. The zero-order valence-electron chi connectivity index (χ0n) is 17.8. The highest BCUT2D eigenvalue weighted by Gasteiger charge is 2.32. The van der Waals surface area contributed by atoms with Crippen LogP contribution in [0, 0.1) is 0 Å². The van der Waals surface area contributed by atoms with Gasteiger partial charge in [0.2, 0.25) is 5.91 Å². The predicted molar refractivity (Wildman–Crippen MR) is 129 cm³/mol. The summed E-state index contributed by atoms with van der Waals surface area (Å²) >= 11 is 6.47. The monoisotopic (exact) mass is 447 g/mol. The van der Waals surface area contributed by atoms with E-state index in [9.17, 15) is 9.59 Å². The van der Waals surface area contributed by atoms with E-state index in [2.05, 4.69) is 10.6 Å². The number of nitrogens with one attached hydrogen (secondary N) is 2. The maximum absolute atomic E-state index is 13.3. The van der Waals surface area contributed by atoms with Gasteiger partial charge in [-0.1, -0.05) is 72.3 Å². The van der Waals surface area contributed by atoms with Crippen LogP contribution >= 0.6 is 11.6 Å². The molecule has 0 aromatic heterocycles. The molecule has 0 bridgehead atoms. The number of hydrogen-bond donors (Lipinski definition) is 2. The molecule has 1 fully saturated rings. The summed E-state index contributed by atoms with van der Waals surface area (Å²) in [7, 11) is 0. The number of amides is 2. The Morgan fingerprint density at radius 3 is 2.38 bits per heavy atom. The predicted octanol–water partition coefficient (Wildman–Crippen LogP) is 5.64. The van der Waals surface area contributed by atoms with Gasteiger partial charge in [0.1, 0.15) is 6.04 Å². The van der Waals surface area contributed by atoms with E-state index in [1.54, 1.807) is 11.0 Å². The van der Waals surface area contributed by atoms with Gasteiger partial charge in [-0.25, -0.2) is 0 Å². The van der Waals surface area contributed by atoms with Crippen LogP contribution in [0.2, 0.25) is 5.02 Å². The van der Waals surface area contributed by atoms with Crippen LogP contribution < -0.4 is 10.6 Å². The van der Waals surface area contributed by atoms with Crippen LogP contribution in [-0.4, -0.2) is 23.3 Å². The van der Waals surface area contributed by atoms with Crippen molar-refractivity contribution >= 4 is 34.8 Å². The number of halogens is 1. The molecule has 2 N–H and O–H groups in total. The standard InChI is InChI=1S/C26H26ClN3O2/c27-22-17-21(14-15-23(22)28-18-19-9-3-1-4-10-19)29-26(32)25(20-11-5-2-6-12-20)30-16-8-7-13-24(30)31/h1-6,9-12,14-15,17,25,28H,7-8,13,16,18H2,(H,29,32). The quantitative estimate of drug-likeness (QED) is 0.492. The second-order valence-electron chi connectivity index (χ2n) is 7.88. The third kappa shape index (κ3) is 5.29. The molecule has 1 aliphatic rings. The summed E-state index contributed by atoms with van der Waals surface area (Å²) < 4.78 is 0. The Hall–Kier alpha value is -3.31. The van der Waals surface area contributed by atoms with Gasteiger partial charge in [0.15, 0.2) is 0 Å². The number of carbonyl (C=O) groups is 2. The van der Waals surface area contributed by atoms with Crippen molar-refractivity contribution < 1.29 is 9.59 Å². The molecular weight excluding hydrogens is 422 g/mol. The number of piperidine rings is 1. The number of nitrogens with zero attached hydrogens (tertiary/aromatic N) is 1. The van der Waals surface area contributed by atoms with Crippen LogP contribution in [-0.2, 0) is 16.1 Å². The molecule has 1 atom stereocenters. The molecule has 32 heavy (non-hydrogen) atoms. The Labute approximate surface area is 193 Å². The van der Waals surface area contributed by atoms with Gasteiger partial charge in [-0.2, -0.15) is 0 Å².